The molecule has 2 unspecified atom stereocenters. The van der Waals surface area contributed by atoms with Crippen molar-refractivity contribution in [2.45, 2.75) is 112 Å². The van der Waals surface area contributed by atoms with E-state index < -0.39 is 0 Å². The van der Waals surface area contributed by atoms with Crippen molar-refractivity contribution in [3.05, 3.63) is 23.3 Å². The van der Waals surface area contributed by atoms with E-state index in [1.54, 1.807) is 0 Å². The van der Waals surface area contributed by atoms with Crippen LogP contribution in [0.1, 0.15) is 112 Å². The molecule has 0 amide bonds. The van der Waals surface area contributed by atoms with E-state index in [0.29, 0.717) is 0 Å². The second kappa shape index (κ2) is 16.6. The highest BCUT2D eigenvalue weighted by Crippen LogP contribution is 2.22. The highest BCUT2D eigenvalue weighted by molar-refractivity contribution is 5.03. The predicted molar refractivity (Wildman–Crippen MR) is 119 cm³/mol. The zero-order valence-corrected chi connectivity index (χ0v) is 18.8. The van der Waals surface area contributed by atoms with E-state index in [-0.39, 0.29) is 6.61 Å². The summed E-state index contributed by atoms with van der Waals surface area (Å²) < 4.78 is 0. The Balaban J connectivity index is 3.69. The van der Waals surface area contributed by atoms with Crippen molar-refractivity contribution >= 4 is 0 Å². The van der Waals surface area contributed by atoms with Crippen LogP contribution >= 0.6 is 0 Å². The van der Waals surface area contributed by atoms with Gasteiger partial charge in [0.2, 0.25) is 0 Å². The molecule has 0 aromatic rings. The molecule has 2 atom stereocenters. The zero-order valence-electron chi connectivity index (χ0n) is 18.8. The fourth-order valence-corrected chi connectivity index (χ4v) is 3.61. The average molecular weight is 365 g/mol. The van der Waals surface area contributed by atoms with Crippen LogP contribution in [-0.4, -0.2) is 11.7 Å². The monoisotopic (exact) mass is 364 g/mol. The zero-order chi connectivity index (χ0) is 19.8. The normalized spacial score (nSPS) is 15.5. The maximum Gasteiger partial charge on any atom is 0.0614 e. The Morgan fingerprint density at radius 2 is 1.19 bits per heavy atom. The van der Waals surface area contributed by atoms with Gasteiger partial charge in [0.15, 0.2) is 0 Å². The number of aliphatic hydroxyl groups is 1. The first-order valence-corrected chi connectivity index (χ1v) is 11.3. The second-order valence-corrected chi connectivity index (χ2v) is 9.18. The molecule has 0 aliphatic carbocycles. The summed E-state index contributed by atoms with van der Waals surface area (Å²) in [7, 11) is 0. The number of allylic oxidation sites excluding steroid dienone is 3. The number of aliphatic hydroxyl groups excluding tert-OH is 1. The van der Waals surface area contributed by atoms with Crippen LogP contribution < -0.4 is 0 Å². The minimum atomic E-state index is 0.170. The molecule has 1 heteroatoms. The maximum atomic E-state index is 8.87. The summed E-state index contributed by atoms with van der Waals surface area (Å²) in [6, 6.07) is 0. The van der Waals surface area contributed by atoms with Gasteiger partial charge in [-0.2, -0.15) is 0 Å². The molecule has 0 bridgehead atoms. The average Bonchev–Trinajstić information content (AvgIpc) is 2.54. The lowest BCUT2D eigenvalue weighted by atomic mass is 9.91. The van der Waals surface area contributed by atoms with Gasteiger partial charge < -0.3 is 5.11 Å². The Kier molecular flexibility index (Phi) is 16.2. The van der Waals surface area contributed by atoms with Crippen LogP contribution in [0.4, 0.5) is 0 Å². The van der Waals surface area contributed by atoms with E-state index in [4.69, 9.17) is 5.11 Å². The Morgan fingerprint density at radius 3 is 1.73 bits per heavy atom. The van der Waals surface area contributed by atoms with Crippen molar-refractivity contribution in [1.82, 2.24) is 0 Å². The molecule has 154 valence electrons. The third-order valence-corrected chi connectivity index (χ3v) is 5.61. The summed E-state index contributed by atoms with van der Waals surface area (Å²) in [6.45, 7) is 14.1. The van der Waals surface area contributed by atoms with E-state index in [1.165, 1.54) is 68.9 Å². The lowest BCUT2D eigenvalue weighted by Crippen LogP contribution is -2.00. The Bertz CT molecular complexity index is 378. The van der Waals surface area contributed by atoms with Crippen LogP contribution in [0.15, 0.2) is 23.3 Å². The summed E-state index contributed by atoms with van der Waals surface area (Å²) in [6.07, 6.45) is 18.9. The van der Waals surface area contributed by atoms with Gasteiger partial charge >= 0.3 is 0 Å². The molecule has 0 spiro atoms. The molecule has 0 heterocycles. The van der Waals surface area contributed by atoms with Crippen LogP contribution in [-0.2, 0) is 0 Å². The van der Waals surface area contributed by atoms with E-state index in [9.17, 15) is 0 Å². The van der Waals surface area contributed by atoms with Gasteiger partial charge in [-0.15, -0.1) is 0 Å². The van der Waals surface area contributed by atoms with Gasteiger partial charge in [-0.25, -0.2) is 0 Å². The lowest BCUT2D eigenvalue weighted by Gasteiger charge is -2.15. The van der Waals surface area contributed by atoms with Crippen molar-refractivity contribution in [2.75, 3.05) is 6.61 Å². The first-order valence-electron chi connectivity index (χ1n) is 11.3. The maximum absolute atomic E-state index is 8.87. The second-order valence-electron chi connectivity index (χ2n) is 9.18. The highest BCUT2D eigenvalue weighted by Gasteiger charge is 2.06. The third-order valence-electron chi connectivity index (χ3n) is 5.61. The quantitative estimate of drug-likeness (QED) is 0.274. The minimum absolute atomic E-state index is 0.170. The predicted octanol–water partition coefficient (Wildman–Crippen LogP) is 8.09. The van der Waals surface area contributed by atoms with E-state index in [2.05, 4.69) is 47.6 Å². The molecule has 0 aliphatic rings. The van der Waals surface area contributed by atoms with Gasteiger partial charge in [-0.1, -0.05) is 95.9 Å². The molecule has 0 saturated heterocycles. The minimum Gasteiger partial charge on any atom is -0.392 e. The number of hydrogen-bond donors (Lipinski definition) is 1. The molecule has 0 saturated carbocycles. The van der Waals surface area contributed by atoms with E-state index in [1.807, 2.05) is 6.08 Å². The van der Waals surface area contributed by atoms with Crippen LogP contribution in [0.3, 0.4) is 0 Å². The van der Waals surface area contributed by atoms with Gasteiger partial charge in [0.1, 0.15) is 0 Å². The number of hydrogen-bond acceptors (Lipinski definition) is 1. The van der Waals surface area contributed by atoms with E-state index in [0.717, 1.165) is 30.6 Å². The SMILES string of the molecule is C/C(=C/CO)CC/C=C(\C)CCCC(C)CCCC(C)CCCC(C)C. The van der Waals surface area contributed by atoms with Crippen molar-refractivity contribution in [1.29, 1.82) is 0 Å². The van der Waals surface area contributed by atoms with Gasteiger partial charge in [-0.05, 0) is 57.3 Å². The fourth-order valence-electron chi connectivity index (χ4n) is 3.61. The standard InChI is InChI=1S/C25H48O/c1-21(2)11-7-12-22(3)13-8-14-23(4)15-9-16-24(5)17-10-18-25(6)19-20-26/h17,19,21-23,26H,7-16,18,20H2,1-6H3/b24-17+,25-19-. The van der Waals surface area contributed by atoms with Crippen molar-refractivity contribution in [3.63, 3.8) is 0 Å². The fraction of sp³-hybridized carbons (Fsp3) is 0.840. The molecule has 1 N–H and O–H groups in total. The van der Waals surface area contributed by atoms with Crippen LogP contribution in [0.25, 0.3) is 0 Å². The molecule has 0 aromatic heterocycles. The summed E-state index contributed by atoms with van der Waals surface area (Å²) in [4.78, 5) is 0. The molecule has 26 heavy (non-hydrogen) atoms. The van der Waals surface area contributed by atoms with E-state index >= 15 is 0 Å². The molecular weight excluding hydrogens is 316 g/mol. The van der Waals surface area contributed by atoms with Crippen LogP contribution in [0.5, 0.6) is 0 Å². The van der Waals surface area contributed by atoms with Crippen molar-refractivity contribution in [3.8, 4) is 0 Å². The van der Waals surface area contributed by atoms with Crippen molar-refractivity contribution < 1.29 is 5.11 Å². The molecule has 0 fully saturated rings. The largest absolute Gasteiger partial charge is 0.392 e. The summed E-state index contributed by atoms with van der Waals surface area (Å²) >= 11 is 0. The molecule has 0 aliphatic heterocycles. The summed E-state index contributed by atoms with van der Waals surface area (Å²) in [5.74, 6) is 2.65. The Morgan fingerprint density at radius 1 is 0.692 bits per heavy atom. The van der Waals surface area contributed by atoms with Gasteiger partial charge in [0, 0.05) is 0 Å². The van der Waals surface area contributed by atoms with Gasteiger partial charge in [0.25, 0.3) is 0 Å². The van der Waals surface area contributed by atoms with Crippen LogP contribution in [0, 0.1) is 17.8 Å². The first-order chi connectivity index (χ1) is 12.3. The molecule has 1 nitrogen and oxygen atoms in total. The summed E-state index contributed by atoms with van der Waals surface area (Å²) in [5, 5.41) is 8.87. The molecule has 0 radical (unpaired) electrons. The van der Waals surface area contributed by atoms with Crippen molar-refractivity contribution in [2.24, 2.45) is 17.8 Å². The Hall–Kier alpha value is -0.560. The topological polar surface area (TPSA) is 20.2 Å². The molecular formula is C25H48O. The third kappa shape index (κ3) is 16.9. The van der Waals surface area contributed by atoms with Gasteiger partial charge in [0.05, 0.1) is 6.61 Å². The Labute approximate surface area is 165 Å². The molecule has 0 rings (SSSR count). The molecule has 0 aromatic carbocycles. The smallest absolute Gasteiger partial charge is 0.0614 e. The summed E-state index contributed by atoms with van der Waals surface area (Å²) in [5.41, 5.74) is 2.83. The van der Waals surface area contributed by atoms with Gasteiger partial charge in [-0.3, -0.25) is 0 Å². The highest BCUT2D eigenvalue weighted by atomic mass is 16.2. The number of rotatable bonds is 16. The first kappa shape index (κ1) is 25.4. The lowest BCUT2D eigenvalue weighted by molar-refractivity contribution is 0.341. The van der Waals surface area contributed by atoms with Crippen LogP contribution in [0.2, 0.25) is 0 Å².